The van der Waals surface area contributed by atoms with Crippen molar-refractivity contribution in [3.8, 4) is 0 Å². The van der Waals surface area contributed by atoms with Crippen LogP contribution in [0.25, 0.3) is 0 Å². The summed E-state index contributed by atoms with van der Waals surface area (Å²) in [6, 6.07) is 14.7. The van der Waals surface area contributed by atoms with Gasteiger partial charge in [-0.15, -0.1) is 0 Å². The van der Waals surface area contributed by atoms with Gasteiger partial charge >= 0.3 is 0 Å². The molecule has 1 aliphatic carbocycles. The van der Waals surface area contributed by atoms with E-state index in [0.29, 0.717) is 16.0 Å². The lowest BCUT2D eigenvalue weighted by Gasteiger charge is -2.29. The fraction of sp³-hybridized carbons (Fsp3) is 0.294. The van der Waals surface area contributed by atoms with Crippen molar-refractivity contribution in [1.29, 1.82) is 0 Å². The molecule has 0 amide bonds. The van der Waals surface area contributed by atoms with Crippen LogP contribution in [0.15, 0.2) is 42.5 Å². The van der Waals surface area contributed by atoms with Crippen LogP contribution in [-0.2, 0) is 12.8 Å². The van der Waals surface area contributed by atoms with Gasteiger partial charge in [0.25, 0.3) is 0 Å². The Balaban J connectivity index is 1.89. The highest BCUT2D eigenvalue weighted by molar-refractivity contribution is 6.42. The van der Waals surface area contributed by atoms with Gasteiger partial charge in [-0.3, -0.25) is 0 Å². The molecule has 0 radical (unpaired) electrons. The van der Waals surface area contributed by atoms with E-state index >= 15 is 0 Å². The summed E-state index contributed by atoms with van der Waals surface area (Å²) >= 11 is 12.1. The van der Waals surface area contributed by atoms with Crippen molar-refractivity contribution in [2.24, 2.45) is 5.73 Å². The Bertz CT molecular complexity index is 624. The first-order chi connectivity index (χ1) is 9.63. The van der Waals surface area contributed by atoms with E-state index in [1.54, 1.807) is 0 Å². The van der Waals surface area contributed by atoms with Crippen molar-refractivity contribution in [2.45, 2.75) is 31.2 Å². The van der Waals surface area contributed by atoms with E-state index in [2.05, 4.69) is 30.3 Å². The number of nitrogens with two attached hydrogens (primary N) is 1. The summed E-state index contributed by atoms with van der Waals surface area (Å²) in [5, 5.41) is 1.23. The molecule has 2 atom stereocenters. The quantitative estimate of drug-likeness (QED) is 0.862. The van der Waals surface area contributed by atoms with E-state index in [0.717, 1.165) is 19.3 Å². The molecule has 0 saturated carbocycles. The zero-order valence-electron chi connectivity index (χ0n) is 11.2. The minimum Gasteiger partial charge on any atom is -0.327 e. The minimum atomic E-state index is 0.248. The Hall–Kier alpha value is -1.02. The van der Waals surface area contributed by atoms with E-state index in [-0.39, 0.29) is 6.04 Å². The number of benzene rings is 2. The second kappa shape index (κ2) is 5.77. The van der Waals surface area contributed by atoms with Gasteiger partial charge in [-0.1, -0.05) is 53.5 Å². The number of rotatable bonds is 2. The SMILES string of the molecule is NC1Cc2ccccc2C(Cc2ccc(Cl)c(Cl)c2)C1. The zero-order chi connectivity index (χ0) is 14.1. The highest BCUT2D eigenvalue weighted by Gasteiger charge is 2.24. The normalized spacial score (nSPS) is 21.6. The van der Waals surface area contributed by atoms with Crippen LogP contribution in [0.2, 0.25) is 10.0 Å². The summed E-state index contributed by atoms with van der Waals surface area (Å²) in [6.07, 6.45) is 2.97. The summed E-state index contributed by atoms with van der Waals surface area (Å²) in [6.45, 7) is 0. The second-order valence-corrected chi connectivity index (χ2v) is 6.36. The van der Waals surface area contributed by atoms with Gasteiger partial charge in [0.2, 0.25) is 0 Å². The van der Waals surface area contributed by atoms with E-state index in [4.69, 9.17) is 28.9 Å². The molecular weight excluding hydrogens is 289 g/mol. The van der Waals surface area contributed by atoms with Gasteiger partial charge in [-0.25, -0.2) is 0 Å². The summed E-state index contributed by atoms with van der Waals surface area (Å²) in [4.78, 5) is 0. The Morgan fingerprint density at radius 1 is 1.05 bits per heavy atom. The molecule has 2 aromatic rings. The third kappa shape index (κ3) is 2.85. The predicted octanol–water partition coefficient (Wildman–Crippen LogP) is 4.59. The van der Waals surface area contributed by atoms with Gasteiger partial charge in [0.05, 0.1) is 10.0 Å². The van der Waals surface area contributed by atoms with E-state index in [1.807, 2.05) is 12.1 Å². The number of halogens is 2. The molecule has 0 aliphatic heterocycles. The highest BCUT2D eigenvalue weighted by atomic mass is 35.5. The van der Waals surface area contributed by atoms with Crippen LogP contribution in [0.4, 0.5) is 0 Å². The third-order valence-electron chi connectivity index (χ3n) is 4.03. The average molecular weight is 306 g/mol. The van der Waals surface area contributed by atoms with Crippen molar-refractivity contribution < 1.29 is 0 Å². The summed E-state index contributed by atoms with van der Waals surface area (Å²) in [7, 11) is 0. The van der Waals surface area contributed by atoms with Crippen molar-refractivity contribution in [2.75, 3.05) is 0 Å². The third-order valence-corrected chi connectivity index (χ3v) is 4.77. The molecule has 0 fully saturated rings. The first-order valence-electron chi connectivity index (χ1n) is 6.91. The molecule has 1 aliphatic rings. The maximum Gasteiger partial charge on any atom is 0.0595 e. The lowest BCUT2D eigenvalue weighted by Crippen LogP contribution is -2.31. The topological polar surface area (TPSA) is 26.0 Å². The van der Waals surface area contributed by atoms with Crippen LogP contribution in [0.3, 0.4) is 0 Å². The van der Waals surface area contributed by atoms with Crippen molar-refractivity contribution in [1.82, 2.24) is 0 Å². The van der Waals surface area contributed by atoms with Gasteiger partial charge in [-0.2, -0.15) is 0 Å². The Morgan fingerprint density at radius 2 is 1.85 bits per heavy atom. The molecule has 2 unspecified atom stereocenters. The lowest BCUT2D eigenvalue weighted by atomic mass is 9.77. The van der Waals surface area contributed by atoms with Crippen LogP contribution in [0.1, 0.15) is 29.0 Å². The number of hydrogen-bond donors (Lipinski definition) is 1. The van der Waals surface area contributed by atoms with Gasteiger partial charge in [0, 0.05) is 6.04 Å². The molecule has 0 spiro atoms. The first kappa shape index (κ1) is 13.9. The molecule has 0 heterocycles. The molecule has 1 nitrogen and oxygen atoms in total. The van der Waals surface area contributed by atoms with Crippen molar-refractivity contribution >= 4 is 23.2 Å². The Labute approximate surface area is 129 Å². The fourth-order valence-corrected chi connectivity index (χ4v) is 3.44. The maximum atomic E-state index is 6.20. The van der Waals surface area contributed by atoms with Crippen molar-refractivity contribution in [3.05, 3.63) is 69.2 Å². The van der Waals surface area contributed by atoms with Gasteiger partial charge in [-0.05, 0) is 54.0 Å². The van der Waals surface area contributed by atoms with Crippen molar-refractivity contribution in [3.63, 3.8) is 0 Å². The molecule has 20 heavy (non-hydrogen) atoms. The van der Waals surface area contributed by atoms with Crippen LogP contribution in [0, 0.1) is 0 Å². The molecule has 3 rings (SSSR count). The van der Waals surface area contributed by atoms with Gasteiger partial charge in [0.15, 0.2) is 0 Å². The van der Waals surface area contributed by atoms with Crippen LogP contribution in [-0.4, -0.2) is 6.04 Å². The van der Waals surface area contributed by atoms with Crippen LogP contribution < -0.4 is 5.73 Å². The zero-order valence-corrected chi connectivity index (χ0v) is 12.7. The molecule has 2 N–H and O–H groups in total. The monoisotopic (exact) mass is 305 g/mol. The Morgan fingerprint density at radius 3 is 2.65 bits per heavy atom. The molecule has 0 aromatic heterocycles. The van der Waals surface area contributed by atoms with E-state index < -0.39 is 0 Å². The number of fused-ring (bicyclic) bond motifs is 1. The summed E-state index contributed by atoms with van der Waals surface area (Å²) in [5.41, 5.74) is 10.2. The smallest absolute Gasteiger partial charge is 0.0595 e. The van der Waals surface area contributed by atoms with E-state index in [1.165, 1.54) is 16.7 Å². The minimum absolute atomic E-state index is 0.248. The average Bonchev–Trinajstić information content (AvgIpc) is 2.43. The maximum absolute atomic E-state index is 6.20. The first-order valence-corrected chi connectivity index (χ1v) is 7.66. The molecule has 0 saturated heterocycles. The molecule has 0 bridgehead atoms. The fourth-order valence-electron chi connectivity index (χ4n) is 3.12. The summed E-state index contributed by atoms with van der Waals surface area (Å²) < 4.78 is 0. The highest BCUT2D eigenvalue weighted by Crippen LogP contribution is 2.34. The largest absolute Gasteiger partial charge is 0.327 e. The predicted molar refractivity (Wildman–Crippen MR) is 85.6 cm³/mol. The standard InChI is InChI=1S/C17H17Cl2N/c18-16-6-5-11(8-17(16)19)7-13-10-14(20)9-12-3-1-2-4-15(12)13/h1-6,8,13-14H,7,9-10,20H2. The summed E-state index contributed by atoms with van der Waals surface area (Å²) in [5.74, 6) is 0.465. The van der Waals surface area contributed by atoms with Crippen LogP contribution in [0.5, 0.6) is 0 Å². The lowest BCUT2D eigenvalue weighted by molar-refractivity contribution is 0.487. The van der Waals surface area contributed by atoms with Gasteiger partial charge < -0.3 is 5.73 Å². The molecular formula is C17H17Cl2N. The van der Waals surface area contributed by atoms with E-state index in [9.17, 15) is 0 Å². The molecule has 104 valence electrons. The Kier molecular flexibility index (Phi) is 4.02. The van der Waals surface area contributed by atoms with Crippen LogP contribution >= 0.6 is 23.2 Å². The molecule has 2 aromatic carbocycles. The van der Waals surface area contributed by atoms with Gasteiger partial charge in [0.1, 0.15) is 0 Å². The second-order valence-electron chi connectivity index (χ2n) is 5.55. The number of hydrogen-bond acceptors (Lipinski definition) is 1. The molecule has 3 heteroatoms.